The van der Waals surface area contributed by atoms with Crippen molar-refractivity contribution in [2.75, 3.05) is 37.7 Å². The number of anilines is 2. The Labute approximate surface area is 123 Å². The molecule has 4 N–H and O–H groups in total. The molecule has 1 atom stereocenters. The number of hydrogen-bond donors (Lipinski definition) is 3. The summed E-state index contributed by atoms with van der Waals surface area (Å²) in [5.41, 5.74) is 6.58. The van der Waals surface area contributed by atoms with Crippen molar-refractivity contribution in [2.45, 2.75) is 12.8 Å². The molecule has 1 fully saturated rings. The number of hydrogen-bond acceptors (Lipinski definition) is 4. The first-order valence-corrected chi connectivity index (χ1v) is 7.10. The van der Waals surface area contributed by atoms with Crippen molar-refractivity contribution in [3.05, 3.63) is 22.7 Å². The number of nitrogens with zero attached hydrogens (tertiary/aromatic N) is 1. The van der Waals surface area contributed by atoms with E-state index in [-0.39, 0.29) is 5.56 Å². The van der Waals surface area contributed by atoms with E-state index in [4.69, 9.17) is 17.3 Å². The van der Waals surface area contributed by atoms with Crippen molar-refractivity contribution < 1.29 is 9.90 Å². The number of rotatable bonds is 4. The van der Waals surface area contributed by atoms with Crippen LogP contribution in [0.1, 0.15) is 23.2 Å². The first kappa shape index (κ1) is 14.9. The van der Waals surface area contributed by atoms with Crippen molar-refractivity contribution in [1.82, 2.24) is 4.90 Å². The fourth-order valence-electron chi connectivity index (χ4n) is 2.66. The van der Waals surface area contributed by atoms with Crippen LogP contribution in [-0.4, -0.2) is 42.7 Å². The number of carboxylic acid groups (broad SMARTS) is 1. The molecule has 0 radical (unpaired) electrons. The van der Waals surface area contributed by atoms with Gasteiger partial charge in [0.2, 0.25) is 0 Å². The van der Waals surface area contributed by atoms with E-state index in [1.807, 2.05) is 0 Å². The number of piperidine rings is 1. The Morgan fingerprint density at radius 2 is 2.35 bits per heavy atom. The zero-order valence-electron chi connectivity index (χ0n) is 11.5. The van der Waals surface area contributed by atoms with Crippen LogP contribution in [0.5, 0.6) is 0 Å². The van der Waals surface area contributed by atoms with Gasteiger partial charge in [0, 0.05) is 18.8 Å². The molecule has 1 saturated heterocycles. The predicted molar refractivity (Wildman–Crippen MR) is 81.5 cm³/mol. The van der Waals surface area contributed by atoms with Crippen LogP contribution >= 0.6 is 11.6 Å². The zero-order chi connectivity index (χ0) is 14.7. The molecule has 5 nitrogen and oxygen atoms in total. The van der Waals surface area contributed by atoms with E-state index in [9.17, 15) is 9.90 Å². The second-order valence-corrected chi connectivity index (χ2v) is 5.79. The molecule has 1 aliphatic rings. The van der Waals surface area contributed by atoms with E-state index in [0.29, 0.717) is 28.9 Å². The van der Waals surface area contributed by atoms with Gasteiger partial charge in [0.25, 0.3) is 0 Å². The standard InChI is InChI=1S/C14H20ClN3O2/c1-18-4-2-3-9(8-18)7-17-13-11(14(19)20)5-10(16)6-12(13)15/h5-6,9,17H,2-4,7-8,16H2,1H3,(H,19,20). The molecule has 1 aromatic rings. The minimum Gasteiger partial charge on any atom is -0.478 e. The van der Waals surface area contributed by atoms with Gasteiger partial charge in [0.15, 0.2) is 0 Å². The van der Waals surface area contributed by atoms with Gasteiger partial charge in [-0.3, -0.25) is 0 Å². The maximum atomic E-state index is 11.3. The third-order valence-electron chi connectivity index (χ3n) is 3.63. The van der Waals surface area contributed by atoms with E-state index in [1.54, 1.807) is 6.07 Å². The largest absolute Gasteiger partial charge is 0.478 e. The fraction of sp³-hybridized carbons (Fsp3) is 0.500. The molecular weight excluding hydrogens is 278 g/mol. The lowest BCUT2D eigenvalue weighted by molar-refractivity contribution is 0.0698. The van der Waals surface area contributed by atoms with E-state index in [1.165, 1.54) is 12.5 Å². The van der Waals surface area contributed by atoms with Gasteiger partial charge in [-0.2, -0.15) is 0 Å². The van der Waals surface area contributed by atoms with E-state index >= 15 is 0 Å². The lowest BCUT2D eigenvalue weighted by Crippen LogP contribution is -2.35. The molecule has 1 aromatic carbocycles. The van der Waals surface area contributed by atoms with E-state index < -0.39 is 5.97 Å². The molecule has 0 amide bonds. The molecular formula is C14H20ClN3O2. The van der Waals surface area contributed by atoms with Crippen molar-refractivity contribution in [2.24, 2.45) is 5.92 Å². The molecule has 0 saturated carbocycles. The first-order chi connectivity index (χ1) is 9.47. The maximum absolute atomic E-state index is 11.3. The highest BCUT2D eigenvalue weighted by atomic mass is 35.5. The summed E-state index contributed by atoms with van der Waals surface area (Å²) in [5, 5.41) is 12.8. The van der Waals surface area contributed by atoms with Gasteiger partial charge in [-0.1, -0.05) is 11.6 Å². The summed E-state index contributed by atoms with van der Waals surface area (Å²) in [7, 11) is 2.10. The van der Waals surface area contributed by atoms with Crippen LogP contribution in [0.25, 0.3) is 0 Å². The molecule has 1 heterocycles. The van der Waals surface area contributed by atoms with Crippen molar-refractivity contribution in [3.63, 3.8) is 0 Å². The Morgan fingerprint density at radius 3 is 3.00 bits per heavy atom. The van der Waals surface area contributed by atoms with Crippen molar-refractivity contribution >= 4 is 28.9 Å². The second-order valence-electron chi connectivity index (χ2n) is 5.38. The highest BCUT2D eigenvalue weighted by molar-refractivity contribution is 6.34. The average molecular weight is 298 g/mol. The van der Waals surface area contributed by atoms with E-state index in [2.05, 4.69) is 17.3 Å². The Kier molecular flexibility index (Phi) is 4.73. The summed E-state index contributed by atoms with van der Waals surface area (Å²) in [6.07, 6.45) is 2.32. The second kappa shape index (κ2) is 6.33. The summed E-state index contributed by atoms with van der Waals surface area (Å²) in [6.45, 7) is 2.86. The minimum absolute atomic E-state index is 0.124. The summed E-state index contributed by atoms with van der Waals surface area (Å²) in [5.74, 6) is -0.522. The summed E-state index contributed by atoms with van der Waals surface area (Å²) >= 11 is 6.11. The topological polar surface area (TPSA) is 78.6 Å². The van der Waals surface area contributed by atoms with Crippen LogP contribution in [0.2, 0.25) is 5.02 Å². The highest BCUT2D eigenvalue weighted by Gasteiger charge is 2.19. The van der Waals surface area contributed by atoms with Crippen LogP contribution in [-0.2, 0) is 0 Å². The number of likely N-dealkylation sites (tertiary alicyclic amines) is 1. The fourth-order valence-corrected chi connectivity index (χ4v) is 2.96. The molecule has 0 aromatic heterocycles. The van der Waals surface area contributed by atoms with Crippen LogP contribution in [0.4, 0.5) is 11.4 Å². The number of nitrogen functional groups attached to an aromatic ring is 1. The summed E-state index contributed by atoms with van der Waals surface area (Å²) < 4.78 is 0. The van der Waals surface area contributed by atoms with Gasteiger partial charge < -0.3 is 21.1 Å². The lowest BCUT2D eigenvalue weighted by atomic mass is 9.98. The van der Waals surface area contributed by atoms with Gasteiger partial charge in [0.05, 0.1) is 16.3 Å². The molecule has 1 aliphatic heterocycles. The van der Waals surface area contributed by atoms with Crippen LogP contribution in [0, 0.1) is 5.92 Å². The number of benzene rings is 1. The van der Waals surface area contributed by atoms with Crippen LogP contribution in [0.3, 0.4) is 0 Å². The molecule has 2 rings (SSSR count). The third-order valence-corrected chi connectivity index (χ3v) is 3.93. The Bertz CT molecular complexity index is 507. The highest BCUT2D eigenvalue weighted by Crippen LogP contribution is 2.30. The normalized spacial score (nSPS) is 19.8. The lowest BCUT2D eigenvalue weighted by Gasteiger charge is -2.30. The van der Waals surface area contributed by atoms with E-state index in [0.717, 1.165) is 19.5 Å². The quantitative estimate of drug-likeness (QED) is 0.744. The third kappa shape index (κ3) is 3.55. The Morgan fingerprint density at radius 1 is 1.60 bits per heavy atom. The molecule has 0 bridgehead atoms. The summed E-state index contributed by atoms with van der Waals surface area (Å²) in [6, 6.07) is 3.01. The summed E-state index contributed by atoms with van der Waals surface area (Å²) in [4.78, 5) is 13.6. The number of nitrogens with one attached hydrogen (secondary N) is 1. The predicted octanol–water partition coefficient (Wildman–Crippen LogP) is 2.37. The average Bonchev–Trinajstić information content (AvgIpc) is 2.36. The van der Waals surface area contributed by atoms with Crippen LogP contribution < -0.4 is 11.1 Å². The van der Waals surface area contributed by atoms with Crippen molar-refractivity contribution in [3.8, 4) is 0 Å². The number of halogens is 1. The van der Waals surface area contributed by atoms with Crippen molar-refractivity contribution in [1.29, 1.82) is 0 Å². The molecule has 110 valence electrons. The molecule has 0 aliphatic carbocycles. The maximum Gasteiger partial charge on any atom is 0.337 e. The molecule has 0 spiro atoms. The Hall–Kier alpha value is -1.46. The van der Waals surface area contributed by atoms with Gasteiger partial charge in [-0.25, -0.2) is 4.79 Å². The number of aromatic carboxylic acids is 1. The molecule has 20 heavy (non-hydrogen) atoms. The molecule has 6 heteroatoms. The monoisotopic (exact) mass is 297 g/mol. The minimum atomic E-state index is -1.03. The SMILES string of the molecule is CN1CCCC(CNc2c(Cl)cc(N)cc2C(=O)O)C1. The zero-order valence-corrected chi connectivity index (χ0v) is 12.3. The van der Waals surface area contributed by atoms with Gasteiger partial charge in [0.1, 0.15) is 0 Å². The van der Waals surface area contributed by atoms with Gasteiger partial charge in [-0.15, -0.1) is 0 Å². The smallest absolute Gasteiger partial charge is 0.337 e. The number of nitrogens with two attached hydrogens (primary N) is 1. The van der Waals surface area contributed by atoms with Gasteiger partial charge >= 0.3 is 5.97 Å². The first-order valence-electron chi connectivity index (χ1n) is 6.72. The number of carbonyl (C=O) groups is 1. The number of carboxylic acids is 1. The van der Waals surface area contributed by atoms with Gasteiger partial charge in [-0.05, 0) is 44.5 Å². The Balaban J connectivity index is 2.10. The van der Waals surface area contributed by atoms with Crippen LogP contribution in [0.15, 0.2) is 12.1 Å². The molecule has 1 unspecified atom stereocenters.